The Kier molecular flexibility index (Phi) is 5.54. The number of ether oxygens (including phenoxy) is 2. The molecule has 1 unspecified atom stereocenters. The summed E-state index contributed by atoms with van der Waals surface area (Å²) < 4.78 is 22.4. The van der Waals surface area contributed by atoms with E-state index in [1.54, 1.807) is 26.0 Å². The Balaban J connectivity index is 3.12. The molecule has 0 heterocycles. The third-order valence-electron chi connectivity index (χ3n) is 2.41. The van der Waals surface area contributed by atoms with Crippen LogP contribution in [0.3, 0.4) is 0 Å². The van der Waals surface area contributed by atoms with Crippen LogP contribution >= 0.6 is 8.46 Å². The molecule has 1 aromatic carbocycles. The fraction of sp³-hybridized carbons (Fsp3) is 0.417. The van der Waals surface area contributed by atoms with Crippen LogP contribution in [0.15, 0.2) is 24.3 Å². The largest absolute Gasteiger partial charge is 0.478 e. The van der Waals surface area contributed by atoms with Crippen molar-refractivity contribution in [1.82, 2.24) is 0 Å². The van der Waals surface area contributed by atoms with Crippen molar-refractivity contribution in [1.29, 1.82) is 0 Å². The molecule has 18 heavy (non-hydrogen) atoms. The Bertz CT molecular complexity index is 409. The topological polar surface area (TPSA) is 72.8 Å². The summed E-state index contributed by atoms with van der Waals surface area (Å²) in [5, 5.41) is 8.82. The van der Waals surface area contributed by atoms with Crippen molar-refractivity contribution in [3.05, 3.63) is 35.4 Å². The van der Waals surface area contributed by atoms with Gasteiger partial charge in [-0.25, -0.2) is 4.79 Å². The van der Waals surface area contributed by atoms with Crippen LogP contribution in [-0.4, -0.2) is 24.3 Å². The molecule has 0 amide bonds. The molecule has 0 aliphatic heterocycles. The standard InChI is InChI=1S/C12H17O5P/c1-3-16-12(18-15,17-4-2)10-7-5-9(6-8-10)11(13)14/h5-8H,3-4,18H2,1-2H3,(H,13,14). The van der Waals surface area contributed by atoms with Gasteiger partial charge in [-0.3, -0.25) is 0 Å². The zero-order chi connectivity index (χ0) is 13.6. The van der Waals surface area contributed by atoms with E-state index < -0.39 is 20.0 Å². The van der Waals surface area contributed by atoms with Crippen molar-refractivity contribution in [2.75, 3.05) is 13.2 Å². The Labute approximate surface area is 107 Å². The highest BCUT2D eigenvalue weighted by Crippen LogP contribution is 2.38. The van der Waals surface area contributed by atoms with Gasteiger partial charge in [-0.05, 0) is 26.0 Å². The van der Waals surface area contributed by atoms with Crippen molar-refractivity contribution in [2.24, 2.45) is 0 Å². The van der Waals surface area contributed by atoms with Crippen LogP contribution in [0.1, 0.15) is 29.8 Å². The van der Waals surface area contributed by atoms with Crippen molar-refractivity contribution in [3.63, 3.8) is 0 Å². The first-order valence-corrected chi connectivity index (χ1v) is 6.72. The Morgan fingerprint density at radius 2 is 1.72 bits per heavy atom. The average Bonchev–Trinajstić information content (AvgIpc) is 2.38. The lowest BCUT2D eigenvalue weighted by Crippen LogP contribution is -2.27. The first-order valence-electron chi connectivity index (χ1n) is 5.67. The van der Waals surface area contributed by atoms with Gasteiger partial charge in [-0.15, -0.1) is 0 Å². The average molecular weight is 272 g/mol. The van der Waals surface area contributed by atoms with Crippen LogP contribution in [0.2, 0.25) is 0 Å². The monoisotopic (exact) mass is 272 g/mol. The molecule has 5 nitrogen and oxygen atoms in total. The summed E-state index contributed by atoms with van der Waals surface area (Å²) in [7, 11) is -1.36. The maximum Gasteiger partial charge on any atom is 0.335 e. The quantitative estimate of drug-likeness (QED) is 0.609. The predicted octanol–water partition coefficient (Wildman–Crippen LogP) is 2.32. The smallest absolute Gasteiger partial charge is 0.335 e. The van der Waals surface area contributed by atoms with Gasteiger partial charge in [0.1, 0.15) is 8.46 Å². The molecule has 0 aliphatic carbocycles. The first-order chi connectivity index (χ1) is 8.59. The minimum Gasteiger partial charge on any atom is -0.478 e. The summed E-state index contributed by atoms with van der Waals surface area (Å²) in [5.41, 5.74) is -0.511. The summed E-state index contributed by atoms with van der Waals surface area (Å²) in [4.78, 5) is 10.8. The number of carboxylic acids is 1. The molecule has 1 N–H and O–H groups in total. The molecular formula is C12H17O5P. The number of carbonyl (C=O) groups is 1. The van der Waals surface area contributed by atoms with E-state index in [-0.39, 0.29) is 5.56 Å². The van der Waals surface area contributed by atoms with Gasteiger partial charge in [0, 0.05) is 18.8 Å². The van der Waals surface area contributed by atoms with Crippen LogP contribution in [0.25, 0.3) is 0 Å². The van der Waals surface area contributed by atoms with Crippen molar-refractivity contribution >= 4 is 14.4 Å². The third-order valence-corrected chi connectivity index (χ3v) is 3.38. The lowest BCUT2D eigenvalue weighted by molar-refractivity contribution is -0.176. The second-order valence-electron chi connectivity index (χ2n) is 3.53. The summed E-state index contributed by atoms with van der Waals surface area (Å²) in [6.45, 7) is 4.29. The molecule has 1 aromatic rings. The minimum absolute atomic E-state index is 0.168. The van der Waals surface area contributed by atoms with Gasteiger partial charge in [-0.2, -0.15) is 0 Å². The molecule has 0 saturated carbocycles. The molecule has 0 bridgehead atoms. The van der Waals surface area contributed by atoms with Crippen molar-refractivity contribution in [2.45, 2.75) is 19.4 Å². The highest BCUT2D eigenvalue weighted by atomic mass is 31.1. The zero-order valence-corrected chi connectivity index (χ0v) is 11.5. The maximum absolute atomic E-state index is 11.5. The SMILES string of the molecule is CCOC(OCC)([PH2]=O)c1ccc(C(=O)O)cc1. The molecule has 0 spiro atoms. The number of rotatable bonds is 7. The van der Waals surface area contributed by atoms with Crippen molar-refractivity contribution in [3.8, 4) is 0 Å². The number of aromatic carboxylic acids is 1. The lowest BCUT2D eigenvalue weighted by Gasteiger charge is -2.28. The highest BCUT2D eigenvalue weighted by Gasteiger charge is 2.32. The van der Waals surface area contributed by atoms with E-state index in [1.807, 2.05) is 0 Å². The van der Waals surface area contributed by atoms with Crippen LogP contribution in [0.4, 0.5) is 0 Å². The molecule has 1 atom stereocenters. The number of benzene rings is 1. The second kappa shape index (κ2) is 6.69. The molecule has 0 aromatic heterocycles. The Morgan fingerprint density at radius 1 is 1.22 bits per heavy atom. The fourth-order valence-corrected chi connectivity index (χ4v) is 2.42. The van der Waals surface area contributed by atoms with E-state index >= 15 is 0 Å². The third kappa shape index (κ3) is 3.19. The maximum atomic E-state index is 11.5. The predicted molar refractivity (Wildman–Crippen MR) is 68.7 cm³/mol. The van der Waals surface area contributed by atoms with Crippen LogP contribution in [0.5, 0.6) is 0 Å². The molecule has 1 rings (SSSR count). The molecule has 0 fully saturated rings. The van der Waals surface area contributed by atoms with Gasteiger partial charge >= 0.3 is 5.97 Å². The van der Waals surface area contributed by atoms with E-state index in [2.05, 4.69) is 0 Å². The molecule has 100 valence electrons. The molecule has 6 heteroatoms. The number of carboxylic acid groups (broad SMARTS) is 1. The van der Waals surface area contributed by atoms with Crippen molar-refractivity contribution < 1.29 is 23.9 Å². The van der Waals surface area contributed by atoms with E-state index in [9.17, 15) is 9.36 Å². The minimum atomic E-state index is -1.36. The second-order valence-corrected chi connectivity index (χ2v) is 4.53. The summed E-state index contributed by atoms with van der Waals surface area (Å²) >= 11 is 0. The van der Waals surface area contributed by atoms with Crippen LogP contribution in [0, 0.1) is 0 Å². The van der Waals surface area contributed by atoms with Crippen LogP contribution in [-0.2, 0) is 19.6 Å². The Hall–Kier alpha value is -1.16. The summed E-state index contributed by atoms with van der Waals surface area (Å²) in [6.07, 6.45) is 0. The lowest BCUT2D eigenvalue weighted by atomic mass is 10.1. The van der Waals surface area contributed by atoms with Gasteiger partial charge in [-0.1, -0.05) is 12.1 Å². The highest BCUT2D eigenvalue weighted by molar-refractivity contribution is 7.24. The molecular weight excluding hydrogens is 255 g/mol. The van der Waals surface area contributed by atoms with Gasteiger partial charge in [0.05, 0.1) is 5.56 Å². The van der Waals surface area contributed by atoms with E-state index in [1.165, 1.54) is 12.1 Å². The zero-order valence-electron chi connectivity index (χ0n) is 10.4. The van der Waals surface area contributed by atoms with Crippen LogP contribution < -0.4 is 0 Å². The molecule has 0 radical (unpaired) electrons. The van der Waals surface area contributed by atoms with E-state index in [0.717, 1.165) is 0 Å². The summed E-state index contributed by atoms with van der Waals surface area (Å²) in [6, 6.07) is 6.03. The normalized spacial score (nSPS) is 12.1. The van der Waals surface area contributed by atoms with Gasteiger partial charge < -0.3 is 19.1 Å². The van der Waals surface area contributed by atoms with E-state index in [4.69, 9.17) is 14.6 Å². The van der Waals surface area contributed by atoms with Gasteiger partial charge in [0.2, 0.25) is 5.53 Å². The van der Waals surface area contributed by atoms with Gasteiger partial charge in [0.15, 0.2) is 0 Å². The molecule has 0 aliphatic rings. The fourth-order valence-electron chi connectivity index (χ4n) is 1.62. The molecule has 0 saturated heterocycles. The van der Waals surface area contributed by atoms with Gasteiger partial charge in [0.25, 0.3) is 0 Å². The summed E-state index contributed by atoms with van der Waals surface area (Å²) in [5.74, 6) is -1.01. The first kappa shape index (κ1) is 14.9. The van der Waals surface area contributed by atoms with E-state index in [0.29, 0.717) is 18.8 Å². The number of hydrogen-bond donors (Lipinski definition) is 1. The Morgan fingerprint density at radius 3 is 2.06 bits per heavy atom. The number of hydrogen-bond acceptors (Lipinski definition) is 4.